The monoisotopic (exact) mass is 396 g/mol. The smallest absolute Gasteiger partial charge is 0.339 e. The van der Waals surface area contributed by atoms with Gasteiger partial charge in [0.2, 0.25) is 5.88 Å². The zero-order chi connectivity index (χ0) is 19.1. The summed E-state index contributed by atoms with van der Waals surface area (Å²) in [5, 5.41) is 5.52. The fraction of sp³-hybridized carbons (Fsp3) is 0.368. The van der Waals surface area contributed by atoms with E-state index in [1.807, 2.05) is 6.07 Å². The molecule has 1 aromatic heterocycles. The number of carbonyl (C=O) groups is 1. The van der Waals surface area contributed by atoms with E-state index in [-0.39, 0.29) is 12.2 Å². The first kappa shape index (κ1) is 20.3. The van der Waals surface area contributed by atoms with Crippen LogP contribution in [0.25, 0.3) is 5.57 Å². The van der Waals surface area contributed by atoms with E-state index in [1.165, 1.54) is 0 Å². The molecule has 7 heteroatoms. The van der Waals surface area contributed by atoms with Crippen molar-refractivity contribution in [1.29, 1.82) is 0 Å². The molecule has 2 aromatic rings. The summed E-state index contributed by atoms with van der Waals surface area (Å²) in [6.07, 6.45) is 1.94. The van der Waals surface area contributed by atoms with E-state index < -0.39 is 5.97 Å². The van der Waals surface area contributed by atoms with Crippen LogP contribution in [0.3, 0.4) is 0 Å². The Bertz CT molecular complexity index is 787. The molecule has 5 nitrogen and oxygen atoms in total. The average molecular weight is 397 g/mol. The number of ether oxygens (including phenoxy) is 2. The molecule has 0 N–H and O–H groups in total. The number of halogens is 2. The lowest BCUT2D eigenvalue weighted by atomic mass is 10.2. The van der Waals surface area contributed by atoms with Gasteiger partial charge in [-0.15, -0.1) is 5.10 Å². The lowest BCUT2D eigenvalue weighted by Crippen LogP contribution is -2.12. The third-order valence-corrected chi connectivity index (χ3v) is 4.26. The molecule has 0 atom stereocenters. The largest absolute Gasteiger partial charge is 0.477 e. The summed E-state index contributed by atoms with van der Waals surface area (Å²) in [6.45, 7) is 8.85. The Hall–Kier alpha value is -1.98. The lowest BCUT2D eigenvalue weighted by Gasteiger charge is -2.10. The number of hydrogen-bond acceptors (Lipinski definition) is 4. The normalized spacial score (nSPS) is 10.6. The van der Waals surface area contributed by atoms with Gasteiger partial charge in [0.05, 0.1) is 31.0 Å². The van der Waals surface area contributed by atoms with Crippen molar-refractivity contribution in [2.75, 3.05) is 13.2 Å². The van der Waals surface area contributed by atoms with Crippen LogP contribution in [0, 0.1) is 0 Å². The van der Waals surface area contributed by atoms with Gasteiger partial charge >= 0.3 is 5.97 Å². The van der Waals surface area contributed by atoms with Crippen molar-refractivity contribution in [3.8, 4) is 5.88 Å². The molecule has 0 aliphatic heterocycles. The fourth-order valence-electron chi connectivity index (χ4n) is 2.28. The van der Waals surface area contributed by atoms with Gasteiger partial charge in [0.15, 0.2) is 0 Å². The highest BCUT2D eigenvalue weighted by Gasteiger charge is 2.19. The van der Waals surface area contributed by atoms with Gasteiger partial charge in [-0.3, -0.25) is 4.68 Å². The second kappa shape index (κ2) is 9.64. The van der Waals surface area contributed by atoms with E-state index in [1.54, 1.807) is 29.8 Å². The highest BCUT2D eigenvalue weighted by Crippen LogP contribution is 2.25. The first-order chi connectivity index (χ1) is 12.5. The molecule has 1 aromatic carbocycles. The highest BCUT2D eigenvalue weighted by atomic mass is 35.5. The zero-order valence-electron chi connectivity index (χ0n) is 14.9. The van der Waals surface area contributed by atoms with E-state index >= 15 is 0 Å². The number of aromatic nitrogens is 2. The summed E-state index contributed by atoms with van der Waals surface area (Å²) in [7, 11) is 0. The minimum absolute atomic E-state index is 0.217. The highest BCUT2D eigenvalue weighted by molar-refractivity contribution is 6.35. The van der Waals surface area contributed by atoms with Gasteiger partial charge in [-0.2, -0.15) is 0 Å². The van der Waals surface area contributed by atoms with Crippen LogP contribution >= 0.6 is 23.2 Å². The summed E-state index contributed by atoms with van der Waals surface area (Å²) >= 11 is 12.2. The van der Waals surface area contributed by atoms with Gasteiger partial charge < -0.3 is 9.47 Å². The van der Waals surface area contributed by atoms with Crippen molar-refractivity contribution in [3.05, 3.63) is 52.1 Å². The van der Waals surface area contributed by atoms with E-state index in [0.717, 1.165) is 18.4 Å². The molecule has 0 bridgehead atoms. The van der Waals surface area contributed by atoms with Crippen LogP contribution in [0.5, 0.6) is 5.88 Å². The van der Waals surface area contributed by atoms with Crippen LogP contribution in [0.1, 0.15) is 37.9 Å². The minimum Gasteiger partial charge on any atom is -0.477 e. The van der Waals surface area contributed by atoms with Crippen molar-refractivity contribution in [2.45, 2.75) is 33.2 Å². The van der Waals surface area contributed by atoms with Gasteiger partial charge in [0, 0.05) is 16.1 Å². The molecule has 1 heterocycles. The molecular weight excluding hydrogens is 375 g/mol. The second-order valence-corrected chi connectivity index (χ2v) is 6.51. The van der Waals surface area contributed by atoms with Crippen molar-refractivity contribution in [3.63, 3.8) is 0 Å². The maximum absolute atomic E-state index is 12.1. The van der Waals surface area contributed by atoms with E-state index in [9.17, 15) is 4.79 Å². The van der Waals surface area contributed by atoms with Crippen LogP contribution < -0.4 is 4.74 Å². The Labute approximate surface area is 163 Å². The molecule has 0 spiro atoms. The number of hydrogen-bond donors (Lipinski definition) is 0. The summed E-state index contributed by atoms with van der Waals surface area (Å²) in [5.41, 5.74) is 1.56. The van der Waals surface area contributed by atoms with E-state index in [2.05, 4.69) is 18.6 Å². The second-order valence-electron chi connectivity index (χ2n) is 5.66. The third kappa shape index (κ3) is 5.26. The molecule has 0 aliphatic carbocycles. The zero-order valence-corrected chi connectivity index (χ0v) is 16.4. The lowest BCUT2D eigenvalue weighted by molar-refractivity contribution is -0.136. The standard InChI is InChI=1S/C19H22Cl2N2O3/c1-4-6-9-26-18-11-17(13(3)19(24)25-5-2)23(22-18)12-14-7-8-15(20)10-16(14)21/h7-8,10-11H,3-6,9,12H2,1-2H3. The quantitative estimate of drug-likeness (QED) is 0.340. The van der Waals surface area contributed by atoms with Gasteiger partial charge in [-0.25, -0.2) is 4.79 Å². The van der Waals surface area contributed by atoms with E-state index in [4.69, 9.17) is 32.7 Å². The summed E-state index contributed by atoms with van der Waals surface area (Å²) in [4.78, 5) is 12.1. The van der Waals surface area contributed by atoms with Crippen molar-refractivity contribution >= 4 is 34.7 Å². The number of esters is 1. The van der Waals surface area contributed by atoms with Crippen LogP contribution in [-0.2, 0) is 16.1 Å². The maximum atomic E-state index is 12.1. The van der Waals surface area contributed by atoms with Crippen LogP contribution in [0.15, 0.2) is 30.8 Å². The Morgan fingerprint density at radius 2 is 2.04 bits per heavy atom. The van der Waals surface area contributed by atoms with Crippen molar-refractivity contribution in [2.24, 2.45) is 0 Å². The topological polar surface area (TPSA) is 53.4 Å². The SMILES string of the molecule is C=C(C(=O)OCC)c1cc(OCCCC)nn1Cc1ccc(Cl)cc1Cl. The number of nitrogens with zero attached hydrogens (tertiary/aromatic N) is 2. The Morgan fingerprint density at radius 3 is 2.69 bits per heavy atom. The Balaban J connectivity index is 2.31. The first-order valence-electron chi connectivity index (χ1n) is 8.47. The average Bonchev–Trinajstić information content (AvgIpc) is 3.00. The van der Waals surface area contributed by atoms with Crippen LogP contribution in [0.4, 0.5) is 0 Å². The molecule has 0 amide bonds. The molecule has 0 saturated heterocycles. The van der Waals surface area contributed by atoms with Crippen LogP contribution in [0.2, 0.25) is 10.0 Å². The molecule has 2 rings (SSSR count). The van der Waals surface area contributed by atoms with Gasteiger partial charge in [0.1, 0.15) is 0 Å². The minimum atomic E-state index is -0.490. The predicted molar refractivity (Wildman–Crippen MR) is 104 cm³/mol. The molecular formula is C19H22Cl2N2O3. The summed E-state index contributed by atoms with van der Waals surface area (Å²) in [6, 6.07) is 6.94. The Morgan fingerprint density at radius 1 is 1.27 bits per heavy atom. The number of rotatable bonds is 9. The van der Waals surface area contributed by atoms with Gasteiger partial charge in [-0.05, 0) is 31.0 Å². The number of benzene rings is 1. The third-order valence-electron chi connectivity index (χ3n) is 3.67. The predicted octanol–water partition coefficient (Wildman–Crippen LogP) is 4.99. The molecule has 0 fully saturated rings. The fourth-order valence-corrected chi connectivity index (χ4v) is 2.75. The first-order valence-corrected chi connectivity index (χ1v) is 9.22. The van der Waals surface area contributed by atoms with Crippen LogP contribution in [-0.4, -0.2) is 29.0 Å². The summed E-state index contributed by atoms with van der Waals surface area (Å²) < 4.78 is 12.3. The number of unbranched alkanes of at least 4 members (excludes halogenated alkanes) is 1. The number of carbonyl (C=O) groups excluding carboxylic acids is 1. The van der Waals surface area contributed by atoms with Crippen molar-refractivity contribution < 1.29 is 14.3 Å². The van der Waals surface area contributed by atoms with E-state index in [0.29, 0.717) is 34.8 Å². The summed E-state index contributed by atoms with van der Waals surface area (Å²) in [5.74, 6) is -0.0556. The molecule has 140 valence electrons. The maximum Gasteiger partial charge on any atom is 0.339 e. The van der Waals surface area contributed by atoms with Crippen molar-refractivity contribution in [1.82, 2.24) is 9.78 Å². The Kier molecular flexibility index (Phi) is 7.54. The molecule has 0 radical (unpaired) electrons. The van der Waals surface area contributed by atoms with Gasteiger partial charge in [-0.1, -0.05) is 49.2 Å². The van der Waals surface area contributed by atoms with Gasteiger partial charge in [0.25, 0.3) is 0 Å². The molecule has 26 heavy (non-hydrogen) atoms. The molecule has 0 saturated carbocycles. The molecule has 0 aliphatic rings. The molecule has 0 unspecified atom stereocenters.